The van der Waals surface area contributed by atoms with Crippen molar-refractivity contribution in [1.82, 2.24) is 9.13 Å². The molecule has 0 amide bonds. The summed E-state index contributed by atoms with van der Waals surface area (Å²) in [4.78, 5) is 0. The van der Waals surface area contributed by atoms with Crippen LogP contribution in [0.25, 0.3) is 83.5 Å². The first-order chi connectivity index (χ1) is 28.0. The lowest BCUT2D eigenvalue weighted by Gasteiger charge is -2.30. The summed E-state index contributed by atoms with van der Waals surface area (Å²) in [5, 5.41) is 3.90. The van der Waals surface area contributed by atoms with Crippen molar-refractivity contribution in [2.24, 2.45) is 11.3 Å². The summed E-state index contributed by atoms with van der Waals surface area (Å²) in [7, 11) is 0. The van der Waals surface area contributed by atoms with Gasteiger partial charge in [-0.3, -0.25) is 0 Å². The van der Waals surface area contributed by atoms with E-state index in [2.05, 4.69) is 227 Å². The van der Waals surface area contributed by atoms with Crippen molar-refractivity contribution in [3.63, 3.8) is 0 Å². The van der Waals surface area contributed by atoms with Crippen molar-refractivity contribution in [2.75, 3.05) is 0 Å². The van der Waals surface area contributed by atoms with Crippen LogP contribution in [0.2, 0.25) is 0 Å². The van der Waals surface area contributed by atoms with Gasteiger partial charge in [-0.2, -0.15) is 0 Å². The van der Waals surface area contributed by atoms with Crippen LogP contribution in [0, 0.1) is 11.3 Å². The van der Waals surface area contributed by atoms with Crippen molar-refractivity contribution >= 4 is 38.8 Å². The lowest BCUT2D eigenvalue weighted by molar-refractivity contribution is 0.291. The zero-order chi connectivity index (χ0) is 39.8. The number of fused-ring (bicyclic) bond motifs is 6. The van der Waals surface area contributed by atoms with E-state index < -0.39 is 0 Å². The van der Waals surface area contributed by atoms with Gasteiger partial charge in [0.05, 0.1) is 16.6 Å². The third-order valence-electron chi connectivity index (χ3n) is 12.5. The third kappa shape index (κ3) is 6.19. The predicted molar refractivity (Wildman–Crippen MR) is 248 cm³/mol. The van der Waals surface area contributed by atoms with Crippen LogP contribution in [0.4, 0.5) is 0 Å². The zero-order valence-corrected chi connectivity index (χ0v) is 34.4. The third-order valence-corrected chi connectivity index (χ3v) is 12.5. The Morgan fingerprint density at radius 1 is 0.431 bits per heavy atom. The highest BCUT2D eigenvalue weighted by Gasteiger charge is 2.29. The maximum atomic E-state index is 2.51. The summed E-state index contributed by atoms with van der Waals surface area (Å²) in [6, 6.07) is 61.0. The minimum atomic E-state index is 0.0493. The van der Waals surface area contributed by atoms with Crippen LogP contribution in [0.5, 0.6) is 0 Å². The van der Waals surface area contributed by atoms with Crippen LogP contribution in [0.1, 0.15) is 58.4 Å². The molecule has 284 valence electrons. The summed E-state index contributed by atoms with van der Waals surface area (Å²) in [6.45, 7) is 14.0. The van der Waals surface area contributed by atoms with Crippen molar-refractivity contribution in [3.8, 4) is 44.8 Å². The molecule has 10 rings (SSSR count). The molecule has 2 aromatic heterocycles. The van der Waals surface area contributed by atoms with Gasteiger partial charge in [0.2, 0.25) is 0 Å². The Hall–Kier alpha value is -6.38. The van der Waals surface area contributed by atoms with Crippen LogP contribution in [-0.2, 0) is 11.8 Å². The van der Waals surface area contributed by atoms with E-state index in [0.29, 0.717) is 5.92 Å². The van der Waals surface area contributed by atoms with E-state index >= 15 is 0 Å². The van der Waals surface area contributed by atoms with Gasteiger partial charge in [0.1, 0.15) is 0 Å². The topological polar surface area (TPSA) is 9.86 Å². The quantitative estimate of drug-likeness (QED) is 0.166. The highest BCUT2D eigenvalue weighted by atomic mass is 15.0. The van der Waals surface area contributed by atoms with Gasteiger partial charge in [0.15, 0.2) is 0 Å². The van der Waals surface area contributed by atoms with Crippen LogP contribution >= 0.6 is 0 Å². The maximum absolute atomic E-state index is 2.51. The SMILES string of the molecule is CC(C)(C)c1ccc2c(c1)c1ccccc1n2-c1cc(-c2ccccc2)cc(-c2cc(-c3ccccc3)cc(-n3c4c(c5ccccc53)CC(C(C)(C)C)C=C4)c2)c1. The second-order valence-electron chi connectivity index (χ2n) is 18.4. The predicted octanol–water partition coefficient (Wildman–Crippen LogP) is 15.3. The van der Waals surface area contributed by atoms with E-state index in [1.54, 1.807) is 0 Å². The van der Waals surface area contributed by atoms with Crippen LogP contribution in [0.15, 0.2) is 170 Å². The number of hydrogen-bond donors (Lipinski definition) is 0. The number of aromatic nitrogens is 2. The number of benzene rings is 7. The van der Waals surface area contributed by atoms with E-state index in [9.17, 15) is 0 Å². The van der Waals surface area contributed by atoms with Crippen molar-refractivity contribution in [2.45, 2.75) is 53.4 Å². The monoisotopic (exact) mass is 750 g/mol. The Morgan fingerprint density at radius 3 is 1.48 bits per heavy atom. The molecule has 9 aromatic rings. The summed E-state index contributed by atoms with van der Waals surface area (Å²) in [6.07, 6.45) is 5.88. The molecule has 1 atom stereocenters. The fraction of sp³-hybridized carbons (Fsp3) is 0.179. The molecule has 2 nitrogen and oxygen atoms in total. The van der Waals surface area contributed by atoms with Crippen LogP contribution in [0.3, 0.4) is 0 Å². The van der Waals surface area contributed by atoms with Gasteiger partial charge in [-0.15, -0.1) is 0 Å². The molecule has 0 aliphatic heterocycles. The first kappa shape index (κ1) is 36.0. The molecule has 58 heavy (non-hydrogen) atoms. The first-order valence-electron chi connectivity index (χ1n) is 20.8. The van der Waals surface area contributed by atoms with Crippen LogP contribution < -0.4 is 0 Å². The van der Waals surface area contributed by atoms with Gasteiger partial charge in [-0.25, -0.2) is 0 Å². The van der Waals surface area contributed by atoms with Gasteiger partial charge >= 0.3 is 0 Å². The molecule has 0 radical (unpaired) electrons. The minimum Gasteiger partial charge on any atom is -0.310 e. The molecule has 2 heteroatoms. The molecule has 1 unspecified atom stereocenters. The van der Waals surface area contributed by atoms with Gasteiger partial charge in [-0.05, 0) is 134 Å². The Morgan fingerprint density at radius 2 is 0.914 bits per heavy atom. The number of allylic oxidation sites excluding steroid dienone is 1. The lowest BCUT2D eigenvalue weighted by Crippen LogP contribution is -2.22. The molecular formula is C56H50N2. The number of hydrogen-bond acceptors (Lipinski definition) is 0. The molecular weight excluding hydrogens is 701 g/mol. The smallest absolute Gasteiger partial charge is 0.0541 e. The molecule has 0 saturated carbocycles. The minimum absolute atomic E-state index is 0.0493. The van der Waals surface area contributed by atoms with Gasteiger partial charge in [0, 0.05) is 33.2 Å². The Kier molecular flexibility index (Phi) is 8.46. The normalized spacial score (nSPS) is 14.4. The van der Waals surface area contributed by atoms with E-state index in [0.717, 1.165) is 12.1 Å². The fourth-order valence-corrected chi connectivity index (χ4v) is 9.21. The van der Waals surface area contributed by atoms with Gasteiger partial charge < -0.3 is 9.13 Å². The highest BCUT2D eigenvalue weighted by Crippen LogP contribution is 2.43. The summed E-state index contributed by atoms with van der Waals surface area (Å²) < 4.78 is 4.99. The average molecular weight is 751 g/mol. The molecule has 0 fully saturated rings. The Labute approximate surface area is 342 Å². The fourth-order valence-electron chi connectivity index (χ4n) is 9.21. The Balaban J connectivity index is 1.24. The number of rotatable bonds is 5. The highest BCUT2D eigenvalue weighted by molar-refractivity contribution is 6.09. The molecule has 0 saturated heterocycles. The lowest BCUT2D eigenvalue weighted by atomic mass is 9.75. The summed E-state index contributed by atoms with van der Waals surface area (Å²) in [5.41, 5.74) is 17.5. The van der Waals surface area contributed by atoms with E-state index in [1.807, 2.05) is 0 Å². The summed E-state index contributed by atoms with van der Waals surface area (Å²) >= 11 is 0. The number of para-hydroxylation sites is 2. The van der Waals surface area contributed by atoms with Gasteiger partial charge in [-0.1, -0.05) is 151 Å². The van der Waals surface area contributed by atoms with E-state index in [-0.39, 0.29) is 10.8 Å². The molecule has 2 heterocycles. The molecule has 0 bridgehead atoms. The second kappa shape index (κ2) is 13.6. The Bertz CT molecular complexity index is 3030. The molecule has 0 N–H and O–H groups in total. The van der Waals surface area contributed by atoms with Crippen molar-refractivity contribution < 1.29 is 0 Å². The zero-order valence-electron chi connectivity index (χ0n) is 34.4. The summed E-state index contributed by atoms with van der Waals surface area (Å²) in [5.74, 6) is 0.477. The molecule has 7 aromatic carbocycles. The van der Waals surface area contributed by atoms with E-state index in [4.69, 9.17) is 0 Å². The average Bonchev–Trinajstić information content (AvgIpc) is 3.76. The molecule has 0 spiro atoms. The van der Waals surface area contributed by atoms with Gasteiger partial charge in [0.25, 0.3) is 0 Å². The van der Waals surface area contributed by atoms with Crippen molar-refractivity contribution in [1.29, 1.82) is 0 Å². The standard InChI is InChI=1S/C56H50N2/c1-55(2,3)43-25-27-53-49(35-43)47-21-13-15-23-51(47)57(53)45-31-39(37-17-9-7-10-18-37)29-41(33-45)42-30-40(38-19-11-8-12-20-38)32-46(34-42)58-52-24-16-14-22-48(52)50-36-44(56(4,5)6)26-28-54(50)58/h7-35,44H,36H2,1-6H3. The largest absolute Gasteiger partial charge is 0.310 e. The van der Waals surface area contributed by atoms with E-state index in [1.165, 1.54) is 88.6 Å². The first-order valence-corrected chi connectivity index (χ1v) is 20.8. The van der Waals surface area contributed by atoms with Crippen molar-refractivity contribution in [3.05, 3.63) is 187 Å². The second-order valence-corrected chi connectivity index (χ2v) is 18.4. The maximum Gasteiger partial charge on any atom is 0.0541 e. The molecule has 1 aliphatic rings. The number of nitrogens with zero attached hydrogens (tertiary/aromatic N) is 2. The molecule has 1 aliphatic carbocycles. The van der Waals surface area contributed by atoms with Crippen LogP contribution in [-0.4, -0.2) is 9.13 Å².